The maximum atomic E-state index is 13.3. The molecule has 3 fully saturated rings. The number of carbonyl (C=O) groups excluding carboxylic acids is 1. The van der Waals surface area contributed by atoms with E-state index in [4.69, 9.17) is 28.6 Å². The van der Waals surface area contributed by atoms with Crippen molar-refractivity contribution in [2.45, 2.75) is 69.2 Å². The van der Waals surface area contributed by atoms with Gasteiger partial charge >= 0.3 is 0 Å². The molecule has 0 radical (unpaired) electrons. The van der Waals surface area contributed by atoms with E-state index in [0.29, 0.717) is 41.8 Å². The number of halogens is 2. The first kappa shape index (κ1) is 25.1. The van der Waals surface area contributed by atoms with Crippen LogP contribution in [0.1, 0.15) is 51.9 Å². The summed E-state index contributed by atoms with van der Waals surface area (Å²) in [6, 6.07) is 0. The normalized spacial score (nSPS) is 37.6. The van der Waals surface area contributed by atoms with Crippen molar-refractivity contribution in [1.29, 1.82) is 5.41 Å². The Morgan fingerprint density at radius 2 is 1.94 bits per heavy atom. The number of nitrogens with one attached hydrogen (secondary N) is 3. The summed E-state index contributed by atoms with van der Waals surface area (Å²) in [5, 5.41) is 15.2. The molecule has 0 aromatic carbocycles. The van der Waals surface area contributed by atoms with E-state index in [1.165, 1.54) is 6.42 Å². The second kappa shape index (κ2) is 11.2. The molecule has 1 amide bonds. The first-order valence-corrected chi connectivity index (χ1v) is 13.7. The number of piperidine rings is 1. The van der Waals surface area contributed by atoms with Gasteiger partial charge < -0.3 is 19.8 Å². The lowest BCUT2D eigenvalue weighted by Crippen LogP contribution is -2.45. The molecule has 2 heterocycles. The second-order valence-corrected chi connectivity index (χ2v) is 12.1. The number of aromatic nitrogens is 2. The van der Waals surface area contributed by atoms with E-state index in [-0.39, 0.29) is 22.6 Å². The standard InChI is InChI=1S/C25H41Cl2N5O/c1-16-13-29-6-5-21(16)19-9-18(15-32-8-7-31(2)25(32)28)10-20(12-19)24(33)30-14-17-3-4-22(26)23(27)11-17/h7-8,16-23,28-29H,3-6,9-15H2,1-2H3,(H,30,33). The number of hydrogen-bond acceptors (Lipinski definition) is 3. The highest BCUT2D eigenvalue weighted by atomic mass is 35.5. The summed E-state index contributed by atoms with van der Waals surface area (Å²) in [5.74, 6) is 3.04. The highest BCUT2D eigenvalue weighted by molar-refractivity contribution is 6.30. The molecule has 0 spiro atoms. The van der Waals surface area contributed by atoms with Gasteiger partial charge in [-0.15, -0.1) is 23.2 Å². The Balaban J connectivity index is 1.41. The van der Waals surface area contributed by atoms with Gasteiger partial charge in [-0.2, -0.15) is 0 Å². The number of imidazole rings is 1. The summed E-state index contributed by atoms with van der Waals surface area (Å²) in [6.45, 7) is 6.06. The molecule has 8 heteroatoms. The summed E-state index contributed by atoms with van der Waals surface area (Å²) in [4.78, 5) is 13.3. The van der Waals surface area contributed by atoms with Crippen LogP contribution in [0.25, 0.3) is 0 Å². The molecule has 33 heavy (non-hydrogen) atoms. The molecule has 2 saturated carbocycles. The first-order chi connectivity index (χ1) is 15.8. The molecular formula is C25H41Cl2N5O. The molecule has 0 bridgehead atoms. The third-order valence-corrected chi connectivity index (χ3v) is 9.70. The topological polar surface area (TPSA) is 74.8 Å². The van der Waals surface area contributed by atoms with Gasteiger partial charge in [0.1, 0.15) is 0 Å². The number of alkyl halides is 2. The minimum Gasteiger partial charge on any atom is -0.356 e. The van der Waals surface area contributed by atoms with Crippen molar-refractivity contribution in [3.63, 3.8) is 0 Å². The van der Waals surface area contributed by atoms with Crippen molar-refractivity contribution >= 4 is 29.1 Å². The number of rotatable bonds is 6. The Kier molecular flexibility index (Phi) is 8.51. The monoisotopic (exact) mass is 497 g/mol. The average molecular weight is 499 g/mol. The summed E-state index contributed by atoms with van der Waals surface area (Å²) in [7, 11) is 1.92. The minimum atomic E-state index is 0.00845. The molecule has 1 saturated heterocycles. The number of amides is 1. The molecule has 8 unspecified atom stereocenters. The van der Waals surface area contributed by atoms with Crippen LogP contribution in [-0.2, 0) is 18.4 Å². The van der Waals surface area contributed by atoms with E-state index in [0.717, 1.165) is 58.2 Å². The van der Waals surface area contributed by atoms with Gasteiger partial charge in [-0.1, -0.05) is 6.92 Å². The largest absolute Gasteiger partial charge is 0.356 e. The number of nitrogens with zero attached hydrogens (tertiary/aromatic N) is 2. The van der Waals surface area contributed by atoms with E-state index in [2.05, 4.69) is 17.6 Å². The van der Waals surface area contributed by atoms with Crippen LogP contribution in [0.2, 0.25) is 0 Å². The van der Waals surface area contributed by atoms with Crippen molar-refractivity contribution in [3.8, 4) is 0 Å². The van der Waals surface area contributed by atoms with Crippen LogP contribution in [0, 0.1) is 40.9 Å². The molecule has 1 aromatic rings. The maximum absolute atomic E-state index is 13.3. The van der Waals surface area contributed by atoms with Crippen molar-refractivity contribution < 1.29 is 4.79 Å². The summed E-state index contributed by atoms with van der Waals surface area (Å²) >= 11 is 12.7. The predicted molar refractivity (Wildman–Crippen MR) is 133 cm³/mol. The van der Waals surface area contributed by atoms with Gasteiger partial charge in [-0.3, -0.25) is 10.2 Å². The van der Waals surface area contributed by atoms with Gasteiger partial charge in [0, 0.05) is 43.8 Å². The van der Waals surface area contributed by atoms with E-state index in [9.17, 15) is 4.79 Å². The third-order valence-electron chi connectivity index (χ3n) is 8.57. The Morgan fingerprint density at radius 3 is 2.64 bits per heavy atom. The van der Waals surface area contributed by atoms with E-state index < -0.39 is 0 Å². The molecule has 6 nitrogen and oxygen atoms in total. The van der Waals surface area contributed by atoms with Gasteiger partial charge in [0.25, 0.3) is 0 Å². The predicted octanol–water partition coefficient (Wildman–Crippen LogP) is 3.72. The fourth-order valence-corrected chi connectivity index (χ4v) is 7.22. The zero-order chi connectivity index (χ0) is 23.5. The van der Waals surface area contributed by atoms with Crippen molar-refractivity contribution in [3.05, 3.63) is 18.0 Å². The van der Waals surface area contributed by atoms with Crippen LogP contribution in [0.3, 0.4) is 0 Å². The van der Waals surface area contributed by atoms with Crippen LogP contribution >= 0.6 is 23.2 Å². The van der Waals surface area contributed by atoms with Gasteiger partial charge in [0.2, 0.25) is 11.5 Å². The smallest absolute Gasteiger partial charge is 0.223 e. The Bertz CT molecular complexity index is 854. The molecule has 1 aliphatic heterocycles. The summed E-state index contributed by atoms with van der Waals surface area (Å²) in [6.07, 6.45) is 11.1. The lowest BCUT2D eigenvalue weighted by Gasteiger charge is -2.42. The van der Waals surface area contributed by atoms with Crippen LogP contribution < -0.4 is 16.3 Å². The van der Waals surface area contributed by atoms with Crippen LogP contribution in [0.5, 0.6) is 0 Å². The maximum Gasteiger partial charge on any atom is 0.223 e. The van der Waals surface area contributed by atoms with Crippen LogP contribution in [0.4, 0.5) is 0 Å². The van der Waals surface area contributed by atoms with Gasteiger partial charge in [-0.05, 0) is 87.6 Å². The van der Waals surface area contributed by atoms with E-state index in [1.807, 2.05) is 28.6 Å². The van der Waals surface area contributed by atoms with Gasteiger partial charge in [0.15, 0.2) is 0 Å². The Hall–Kier alpha value is -0.980. The number of hydrogen-bond donors (Lipinski definition) is 3. The first-order valence-electron chi connectivity index (χ1n) is 12.8. The van der Waals surface area contributed by atoms with Crippen molar-refractivity contribution in [2.24, 2.45) is 42.6 Å². The van der Waals surface area contributed by atoms with Crippen LogP contribution in [0.15, 0.2) is 12.4 Å². The average Bonchev–Trinajstić information content (AvgIpc) is 3.12. The van der Waals surface area contributed by atoms with Crippen molar-refractivity contribution in [2.75, 3.05) is 19.6 Å². The molecule has 186 valence electrons. The second-order valence-electron chi connectivity index (χ2n) is 11.0. The lowest BCUT2D eigenvalue weighted by atomic mass is 9.65. The Morgan fingerprint density at radius 1 is 1.12 bits per heavy atom. The molecule has 8 atom stereocenters. The fourth-order valence-electron chi connectivity index (χ4n) is 6.62. The highest BCUT2D eigenvalue weighted by Crippen LogP contribution is 2.42. The number of carbonyl (C=O) groups is 1. The minimum absolute atomic E-state index is 0.00845. The number of aryl methyl sites for hydroxylation is 1. The molecule has 2 aliphatic carbocycles. The SMILES string of the molecule is CC1CNCCC1C1CC(Cn2ccn(C)c2=N)CC(C(=O)NCC2CCC(Cl)C(Cl)C2)C1. The Labute approximate surface area is 208 Å². The van der Waals surface area contributed by atoms with Crippen molar-refractivity contribution in [1.82, 2.24) is 19.8 Å². The van der Waals surface area contributed by atoms with Crippen LogP contribution in [-0.4, -0.2) is 45.4 Å². The third kappa shape index (κ3) is 6.18. The fraction of sp³-hybridized carbons (Fsp3) is 0.840. The lowest BCUT2D eigenvalue weighted by molar-refractivity contribution is -0.128. The molecule has 3 N–H and O–H groups in total. The highest BCUT2D eigenvalue weighted by Gasteiger charge is 2.39. The van der Waals surface area contributed by atoms with Gasteiger partial charge in [-0.25, -0.2) is 0 Å². The van der Waals surface area contributed by atoms with E-state index >= 15 is 0 Å². The molecule has 1 aromatic heterocycles. The van der Waals surface area contributed by atoms with E-state index in [1.54, 1.807) is 0 Å². The summed E-state index contributed by atoms with van der Waals surface area (Å²) in [5.41, 5.74) is 0.527. The molecule has 3 aliphatic rings. The molecule has 4 rings (SSSR count). The summed E-state index contributed by atoms with van der Waals surface area (Å²) < 4.78 is 3.89. The van der Waals surface area contributed by atoms with Gasteiger partial charge in [0.05, 0.1) is 5.38 Å². The zero-order valence-electron chi connectivity index (χ0n) is 20.1. The quantitative estimate of drug-likeness (QED) is 0.523. The molecular weight excluding hydrogens is 457 g/mol. The zero-order valence-corrected chi connectivity index (χ0v) is 21.6.